The highest BCUT2D eigenvalue weighted by molar-refractivity contribution is 5.85. The lowest BCUT2D eigenvalue weighted by molar-refractivity contribution is -0.138. The van der Waals surface area contributed by atoms with Gasteiger partial charge in [0.05, 0.1) is 6.04 Å². The summed E-state index contributed by atoms with van der Waals surface area (Å²) in [5.41, 5.74) is 0. The molecule has 1 amide bonds. The second-order valence-corrected chi connectivity index (χ2v) is 3.88. The van der Waals surface area contributed by atoms with Gasteiger partial charge in [-0.3, -0.25) is 4.79 Å². The predicted octanol–water partition coefficient (Wildman–Crippen LogP) is -0.410. The summed E-state index contributed by atoms with van der Waals surface area (Å²) >= 11 is 0. The molecule has 2 saturated heterocycles. The topological polar surface area (TPSA) is 44.4 Å². The molecule has 2 fully saturated rings. The molecule has 0 aromatic carbocycles. The molecule has 82 valence electrons. The van der Waals surface area contributed by atoms with Crippen LogP contribution in [0.1, 0.15) is 13.3 Å². The van der Waals surface area contributed by atoms with E-state index in [2.05, 4.69) is 17.6 Å². The minimum atomic E-state index is 0. The molecule has 2 rings (SSSR count). The number of amides is 1. The van der Waals surface area contributed by atoms with E-state index < -0.39 is 0 Å². The highest BCUT2D eigenvalue weighted by Gasteiger charge is 2.32. The van der Waals surface area contributed by atoms with Crippen LogP contribution in [0.15, 0.2) is 0 Å². The second kappa shape index (κ2) is 4.96. The first-order valence-electron chi connectivity index (χ1n) is 5.03. The van der Waals surface area contributed by atoms with Crippen LogP contribution in [0.2, 0.25) is 0 Å². The normalized spacial score (nSPS) is 31.6. The lowest BCUT2D eigenvalue weighted by atomic mass is 10.0. The number of nitrogens with zero attached hydrogens (tertiary/aromatic N) is 1. The zero-order valence-corrected chi connectivity index (χ0v) is 9.27. The fraction of sp³-hybridized carbons (Fsp3) is 0.889. The van der Waals surface area contributed by atoms with E-state index in [-0.39, 0.29) is 18.4 Å². The Balaban J connectivity index is 0.000000980. The summed E-state index contributed by atoms with van der Waals surface area (Å²) in [6.07, 6.45) is 1.01. The molecule has 4 nitrogen and oxygen atoms in total. The van der Waals surface area contributed by atoms with Crippen molar-refractivity contribution in [3.05, 3.63) is 0 Å². The number of nitrogens with one attached hydrogen (secondary N) is 2. The number of carbonyl (C=O) groups excluding carboxylic acids is 1. The van der Waals surface area contributed by atoms with E-state index >= 15 is 0 Å². The summed E-state index contributed by atoms with van der Waals surface area (Å²) in [4.78, 5) is 13.8. The van der Waals surface area contributed by atoms with Gasteiger partial charge in [0.2, 0.25) is 5.91 Å². The maximum Gasteiger partial charge on any atom is 0.240 e. The summed E-state index contributed by atoms with van der Waals surface area (Å²) in [7, 11) is 0. The molecule has 2 N–H and O–H groups in total. The Kier molecular flexibility index (Phi) is 4.16. The molecule has 0 aromatic rings. The average molecular weight is 220 g/mol. The van der Waals surface area contributed by atoms with Gasteiger partial charge in [-0.05, 0) is 19.9 Å². The van der Waals surface area contributed by atoms with Crippen molar-refractivity contribution >= 4 is 18.3 Å². The van der Waals surface area contributed by atoms with Crippen molar-refractivity contribution in [1.82, 2.24) is 15.5 Å². The second-order valence-electron chi connectivity index (χ2n) is 3.88. The van der Waals surface area contributed by atoms with Gasteiger partial charge in [-0.15, -0.1) is 12.4 Å². The van der Waals surface area contributed by atoms with Crippen LogP contribution in [0, 0.1) is 0 Å². The maximum atomic E-state index is 11.8. The Morgan fingerprint density at radius 3 is 2.64 bits per heavy atom. The van der Waals surface area contributed by atoms with Crippen LogP contribution in [0.5, 0.6) is 0 Å². The molecule has 0 radical (unpaired) electrons. The van der Waals surface area contributed by atoms with E-state index in [9.17, 15) is 4.79 Å². The van der Waals surface area contributed by atoms with Gasteiger partial charge in [0, 0.05) is 25.7 Å². The third-order valence-corrected chi connectivity index (χ3v) is 2.91. The number of piperazine rings is 1. The standard InChI is InChI=1S/C9H17N3O.ClH/c1-7-6-10-4-5-12(7)9(13)8-2-3-11-8;/h7-8,10-11H,2-6H2,1H3;1H/t7-,8-;/m1./s1. The summed E-state index contributed by atoms with van der Waals surface area (Å²) in [6.45, 7) is 5.82. The lowest BCUT2D eigenvalue weighted by Crippen LogP contribution is -2.60. The van der Waals surface area contributed by atoms with E-state index in [4.69, 9.17) is 0 Å². The van der Waals surface area contributed by atoms with Gasteiger partial charge in [-0.1, -0.05) is 0 Å². The van der Waals surface area contributed by atoms with Crippen LogP contribution >= 0.6 is 12.4 Å². The molecule has 2 aliphatic heterocycles. The van der Waals surface area contributed by atoms with Crippen LogP contribution in [-0.2, 0) is 4.79 Å². The van der Waals surface area contributed by atoms with Gasteiger partial charge in [0.1, 0.15) is 0 Å². The first-order chi connectivity index (χ1) is 6.29. The molecule has 2 aliphatic rings. The monoisotopic (exact) mass is 219 g/mol. The molecule has 5 heteroatoms. The van der Waals surface area contributed by atoms with Crippen molar-refractivity contribution in [3.63, 3.8) is 0 Å². The summed E-state index contributed by atoms with van der Waals surface area (Å²) < 4.78 is 0. The summed E-state index contributed by atoms with van der Waals surface area (Å²) in [5.74, 6) is 0.292. The van der Waals surface area contributed by atoms with Crippen LogP contribution in [0.25, 0.3) is 0 Å². The van der Waals surface area contributed by atoms with E-state index in [1.807, 2.05) is 4.90 Å². The Morgan fingerprint density at radius 1 is 1.43 bits per heavy atom. The highest BCUT2D eigenvalue weighted by Crippen LogP contribution is 2.10. The predicted molar refractivity (Wildman–Crippen MR) is 57.7 cm³/mol. The minimum absolute atomic E-state index is 0. The molecule has 0 bridgehead atoms. The molecular weight excluding hydrogens is 202 g/mol. The zero-order valence-electron chi connectivity index (χ0n) is 8.45. The van der Waals surface area contributed by atoms with Gasteiger partial charge in [-0.25, -0.2) is 0 Å². The number of rotatable bonds is 1. The zero-order chi connectivity index (χ0) is 9.26. The maximum absolute atomic E-state index is 11.8. The third-order valence-electron chi connectivity index (χ3n) is 2.91. The first kappa shape index (κ1) is 11.8. The fourth-order valence-electron chi connectivity index (χ4n) is 1.87. The molecule has 0 aliphatic carbocycles. The molecule has 2 heterocycles. The number of hydrogen-bond donors (Lipinski definition) is 2. The van der Waals surface area contributed by atoms with E-state index in [1.165, 1.54) is 0 Å². The smallest absolute Gasteiger partial charge is 0.240 e. The number of halogens is 1. The van der Waals surface area contributed by atoms with E-state index in [0.29, 0.717) is 11.9 Å². The average Bonchev–Trinajstić information content (AvgIpc) is 2.01. The quantitative estimate of drug-likeness (QED) is 0.631. The third kappa shape index (κ3) is 2.19. The van der Waals surface area contributed by atoms with E-state index in [1.54, 1.807) is 0 Å². The SMILES string of the molecule is C[C@@H]1CNCCN1C(=O)[C@H]1CCN1.Cl. The van der Waals surface area contributed by atoms with Gasteiger partial charge in [0.15, 0.2) is 0 Å². The lowest BCUT2D eigenvalue weighted by Gasteiger charge is -2.39. The van der Waals surface area contributed by atoms with Crippen molar-refractivity contribution in [3.8, 4) is 0 Å². The molecule has 14 heavy (non-hydrogen) atoms. The fourth-order valence-corrected chi connectivity index (χ4v) is 1.87. The van der Waals surface area contributed by atoms with Crippen molar-refractivity contribution in [2.24, 2.45) is 0 Å². The van der Waals surface area contributed by atoms with Crippen molar-refractivity contribution < 1.29 is 4.79 Å². The van der Waals surface area contributed by atoms with Crippen molar-refractivity contribution in [2.75, 3.05) is 26.2 Å². The summed E-state index contributed by atoms with van der Waals surface area (Å²) in [5, 5.41) is 6.43. The van der Waals surface area contributed by atoms with Crippen LogP contribution in [-0.4, -0.2) is 49.1 Å². The number of hydrogen-bond acceptors (Lipinski definition) is 3. The molecule has 2 atom stereocenters. The largest absolute Gasteiger partial charge is 0.336 e. The molecule has 0 spiro atoms. The van der Waals surface area contributed by atoms with E-state index in [0.717, 1.165) is 32.6 Å². The van der Waals surface area contributed by atoms with Gasteiger partial charge in [-0.2, -0.15) is 0 Å². The Morgan fingerprint density at radius 2 is 2.14 bits per heavy atom. The minimum Gasteiger partial charge on any atom is -0.336 e. The Hall–Kier alpha value is -0.320. The molecular formula is C9H18ClN3O. The van der Waals surface area contributed by atoms with Crippen molar-refractivity contribution in [1.29, 1.82) is 0 Å². The van der Waals surface area contributed by atoms with Gasteiger partial charge >= 0.3 is 0 Å². The van der Waals surface area contributed by atoms with Crippen LogP contribution in [0.4, 0.5) is 0 Å². The molecule has 0 aromatic heterocycles. The highest BCUT2D eigenvalue weighted by atomic mass is 35.5. The van der Waals surface area contributed by atoms with Gasteiger partial charge in [0.25, 0.3) is 0 Å². The molecule has 0 saturated carbocycles. The van der Waals surface area contributed by atoms with Crippen LogP contribution < -0.4 is 10.6 Å². The van der Waals surface area contributed by atoms with Crippen molar-refractivity contribution in [2.45, 2.75) is 25.4 Å². The Labute approximate surface area is 90.8 Å². The first-order valence-corrected chi connectivity index (χ1v) is 5.03. The summed E-state index contributed by atoms with van der Waals surface area (Å²) in [6, 6.07) is 0.462. The van der Waals surface area contributed by atoms with Crippen LogP contribution in [0.3, 0.4) is 0 Å². The number of carbonyl (C=O) groups is 1. The molecule has 0 unspecified atom stereocenters. The Bertz CT molecular complexity index is 208. The van der Waals surface area contributed by atoms with Gasteiger partial charge < -0.3 is 15.5 Å².